The third kappa shape index (κ3) is 4.36. The molecule has 1 aromatic rings. The highest BCUT2D eigenvalue weighted by atomic mass is 32.2. The van der Waals surface area contributed by atoms with E-state index >= 15 is 0 Å². The molecule has 0 aliphatic carbocycles. The molecule has 12 heteroatoms. The molecule has 10 nitrogen and oxygen atoms in total. The number of amidine groups is 1. The van der Waals surface area contributed by atoms with Gasteiger partial charge in [0.1, 0.15) is 17.3 Å². The first kappa shape index (κ1) is 23.3. The van der Waals surface area contributed by atoms with Crippen molar-refractivity contribution in [2.75, 3.05) is 29.8 Å². The van der Waals surface area contributed by atoms with Crippen LogP contribution in [-0.4, -0.2) is 73.8 Å². The number of morpholine rings is 1. The molecule has 33 heavy (non-hydrogen) atoms. The van der Waals surface area contributed by atoms with Crippen molar-refractivity contribution >= 4 is 39.1 Å². The van der Waals surface area contributed by atoms with Crippen LogP contribution in [0.3, 0.4) is 0 Å². The lowest BCUT2D eigenvalue weighted by Crippen LogP contribution is -2.62. The van der Waals surface area contributed by atoms with E-state index in [0.717, 1.165) is 16.4 Å². The third-order valence-electron chi connectivity index (χ3n) is 5.89. The molecule has 3 aliphatic rings. The number of sulfonamides is 1. The second-order valence-electron chi connectivity index (χ2n) is 8.62. The van der Waals surface area contributed by atoms with Crippen molar-refractivity contribution in [2.45, 2.75) is 44.9 Å². The van der Waals surface area contributed by atoms with Gasteiger partial charge >= 0.3 is 0 Å². The van der Waals surface area contributed by atoms with E-state index in [4.69, 9.17) is 4.74 Å². The Morgan fingerprint density at radius 1 is 1.27 bits per heavy atom. The number of carbonyl (C=O) groups excluding carboxylic acids is 3. The zero-order valence-corrected chi connectivity index (χ0v) is 19.2. The van der Waals surface area contributed by atoms with Crippen LogP contribution >= 0.6 is 0 Å². The molecule has 2 amide bonds. The molecule has 1 aromatic carbocycles. The maximum atomic E-state index is 13.9. The number of halogens is 1. The Kier molecular flexibility index (Phi) is 5.99. The van der Waals surface area contributed by atoms with Crippen LogP contribution in [-0.2, 0) is 35.7 Å². The summed E-state index contributed by atoms with van der Waals surface area (Å²) in [5, 5.41) is 2.55. The van der Waals surface area contributed by atoms with Crippen LogP contribution in [0.2, 0.25) is 0 Å². The van der Waals surface area contributed by atoms with Crippen LogP contribution in [0.1, 0.15) is 32.3 Å². The number of benzene rings is 1. The van der Waals surface area contributed by atoms with Crippen LogP contribution in [0.15, 0.2) is 23.2 Å². The lowest BCUT2D eigenvalue weighted by molar-refractivity contribution is -0.148. The Labute approximate surface area is 190 Å². The number of nitrogens with zero attached hydrogens (tertiary/aromatic N) is 3. The Hall–Kier alpha value is -2.86. The van der Waals surface area contributed by atoms with Gasteiger partial charge in [0.05, 0.1) is 24.6 Å². The van der Waals surface area contributed by atoms with Crippen molar-refractivity contribution in [1.29, 1.82) is 0 Å². The van der Waals surface area contributed by atoms with E-state index in [9.17, 15) is 27.2 Å². The third-order valence-corrected chi connectivity index (χ3v) is 7.75. The topological polar surface area (TPSA) is 125 Å². The number of nitrogens with one attached hydrogen (secondary N) is 1. The minimum absolute atomic E-state index is 0.0418. The normalized spacial score (nSPS) is 24.2. The van der Waals surface area contributed by atoms with E-state index in [1.165, 1.54) is 11.0 Å². The van der Waals surface area contributed by atoms with E-state index in [1.807, 2.05) is 0 Å². The minimum atomic E-state index is -3.60. The number of Topliss-reactive ketones (excluding diaryl/α,β-unsaturated/α-hetero) is 1. The SMILES string of the molecule is CC1(C)OCCN2C(=O)C(=O)C(C(=O)NCc3ccc(F)cc3N3CCCCS3(=O)=O)N=C21. The quantitative estimate of drug-likeness (QED) is 0.490. The molecular weight excluding hydrogens is 455 g/mol. The molecule has 3 aliphatic heterocycles. The van der Waals surface area contributed by atoms with Gasteiger partial charge in [-0.2, -0.15) is 0 Å². The Morgan fingerprint density at radius 3 is 2.76 bits per heavy atom. The predicted molar refractivity (Wildman–Crippen MR) is 117 cm³/mol. The summed E-state index contributed by atoms with van der Waals surface area (Å²) in [5.41, 5.74) is -0.444. The predicted octanol–water partition coefficient (Wildman–Crippen LogP) is 0.359. The fourth-order valence-electron chi connectivity index (χ4n) is 4.18. The summed E-state index contributed by atoms with van der Waals surface area (Å²) in [5.74, 6) is -3.02. The zero-order chi connectivity index (χ0) is 24.0. The summed E-state index contributed by atoms with van der Waals surface area (Å²) in [6, 6.07) is 2.08. The average molecular weight is 481 g/mol. The number of anilines is 1. The van der Waals surface area contributed by atoms with Crippen molar-refractivity contribution in [3.8, 4) is 0 Å². The van der Waals surface area contributed by atoms with Crippen molar-refractivity contribution in [3.63, 3.8) is 0 Å². The summed E-state index contributed by atoms with van der Waals surface area (Å²) in [6.45, 7) is 3.84. The first-order chi connectivity index (χ1) is 15.5. The lowest BCUT2D eigenvalue weighted by Gasteiger charge is -2.41. The first-order valence-corrected chi connectivity index (χ1v) is 12.3. The molecule has 3 heterocycles. The van der Waals surface area contributed by atoms with Gasteiger partial charge in [0.15, 0.2) is 6.04 Å². The van der Waals surface area contributed by atoms with Crippen molar-refractivity contribution in [2.24, 2.45) is 4.99 Å². The van der Waals surface area contributed by atoms with Crippen LogP contribution in [0.4, 0.5) is 10.1 Å². The smallest absolute Gasteiger partial charge is 0.298 e. The molecular formula is C21H25FN4O6S. The highest BCUT2D eigenvalue weighted by molar-refractivity contribution is 7.92. The molecule has 0 radical (unpaired) electrons. The van der Waals surface area contributed by atoms with Crippen LogP contribution in [0.25, 0.3) is 0 Å². The van der Waals surface area contributed by atoms with E-state index < -0.39 is 45.1 Å². The van der Waals surface area contributed by atoms with Crippen molar-refractivity contribution in [1.82, 2.24) is 10.2 Å². The summed E-state index contributed by atoms with van der Waals surface area (Å²) in [6.07, 6.45) is 1.15. The number of ether oxygens (including phenoxy) is 1. The van der Waals surface area contributed by atoms with Gasteiger partial charge in [0, 0.05) is 13.1 Å². The van der Waals surface area contributed by atoms with Gasteiger partial charge in [-0.3, -0.25) is 23.6 Å². The minimum Gasteiger partial charge on any atom is -0.366 e. The van der Waals surface area contributed by atoms with Gasteiger partial charge in [-0.05, 0) is 44.4 Å². The van der Waals surface area contributed by atoms with Crippen LogP contribution in [0.5, 0.6) is 0 Å². The van der Waals surface area contributed by atoms with E-state index in [0.29, 0.717) is 18.4 Å². The maximum Gasteiger partial charge on any atom is 0.298 e. The number of amides is 2. The second-order valence-corrected chi connectivity index (χ2v) is 10.6. The highest BCUT2D eigenvalue weighted by Crippen LogP contribution is 2.29. The molecule has 0 spiro atoms. The molecule has 2 saturated heterocycles. The number of aliphatic imine (C=N–C) groups is 1. The lowest BCUT2D eigenvalue weighted by atomic mass is 9.99. The molecule has 178 valence electrons. The van der Waals surface area contributed by atoms with E-state index in [2.05, 4.69) is 10.3 Å². The fraction of sp³-hybridized carbons (Fsp3) is 0.524. The van der Waals surface area contributed by atoms with Gasteiger partial charge in [0.2, 0.25) is 10.0 Å². The fourth-order valence-corrected chi connectivity index (χ4v) is 5.84. The zero-order valence-electron chi connectivity index (χ0n) is 18.3. The van der Waals surface area contributed by atoms with Crippen LogP contribution < -0.4 is 9.62 Å². The summed E-state index contributed by atoms with van der Waals surface area (Å²) in [7, 11) is -3.60. The molecule has 1 unspecified atom stereocenters. The largest absolute Gasteiger partial charge is 0.366 e. The summed E-state index contributed by atoms with van der Waals surface area (Å²) < 4.78 is 45.7. The molecule has 2 fully saturated rings. The van der Waals surface area contributed by atoms with Gasteiger partial charge in [-0.1, -0.05) is 6.07 Å². The first-order valence-electron chi connectivity index (χ1n) is 10.7. The van der Waals surface area contributed by atoms with E-state index in [-0.39, 0.29) is 43.5 Å². The standard InChI is InChI=1S/C21H25FN4O6S/c1-21(2)20-24-16(17(27)19(29)25(20)8-9-32-21)18(28)23-12-13-5-6-14(22)11-15(13)26-7-3-4-10-33(26,30)31/h5-6,11,16H,3-4,7-10,12H2,1-2H3,(H,23,28). The van der Waals surface area contributed by atoms with Gasteiger partial charge in [-0.25, -0.2) is 17.8 Å². The molecule has 0 bridgehead atoms. The van der Waals surface area contributed by atoms with Gasteiger partial charge in [-0.15, -0.1) is 0 Å². The molecule has 1 atom stereocenters. The summed E-state index contributed by atoms with van der Waals surface area (Å²) in [4.78, 5) is 43.4. The molecule has 0 aromatic heterocycles. The number of fused-ring (bicyclic) bond motifs is 1. The number of rotatable bonds is 4. The Bertz CT molecular complexity index is 1150. The number of hydrogen-bond donors (Lipinski definition) is 1. The number of carbonyl (C=O) groups is 3. The second kappa shape index (κ2) is 8.49. The Balaban J connectivity index is 1.57. The highest BCUT2D eigenvalue weighted by Gasteiger charge is 2.47. The van der Waals surface area contributed by atoms with Crippen LogP contribution in [0, 0.1) is 5.82 Å². The molecule has 4 rings (SSSR count). The number of hydrogen-bond acceptors (Lipinski definition) is 7. The monoisotopic (exact) mass is 480 g/mol. The average Bonchev–Trinajstić information content (AvgIpc) is 2.75. The maximum absolute atomic E-state index is 13.9. The number of ketones is 1. The van der Waals surface area contributed by atoms with Crippen molar-refractivity contribution in [3.05, 3.63) is 29.6 Å². The van der Waals surface area contributed by atoms with Crippen molar-refractivity contribution < 1.29 is 31.9 Å². The van der Waals surface area contributed by atoms with Gasteiger partial charge < -0.3 is 10.1 Å². The molecule has 1 N–H and O–H groups in total. The molecule has 0 saturated carbocycles. The van der Waals surface area contributed by atoms with E-state index in [1.54, 1.807) is 13.8 Å². The summed E-state index contributed by atoms with van der Waals surface area (Å²) >= 11 is 0. The van der Waals surface area contributed by atoms with Gasteiger partial charge in [0.25, 0.3) is 17.6 Å². The Morgan fingerprint density at radius 2 is 2.03 bits per heavy atom.